The van der Waals surface area contributed by atoms with Crippen molar-refractivity contribution in [1.82, 2.24) is 15.1 Å². The number of nitrogens with one attached hydrogen (secondary N) is 1. The number of halogens is 1. The number of hydrogen-bond donors (Lipinski definition) is 1. The molecule has 2 aromatic rings. The molecule has 6 nitrogen and oxygen atoms in total. The number of carbonyl (C=O) groups is 1. The highest BCUT2D eigenvalue weighted by atomic mass is 79.9. The molecule has 0 fully saturated rings. The second-order valence-electron chi connectivity index (χ2n) is 4.81. The Kier molecular flexibility index (Phi) is 7.80. The molecule has 0 saturated carbocycles. The smallest absolute Gasteiger partial charge is 0.232 e. The highest BCUT2D eigenvalue weighted by molar-refractivity contribution is 9.10. The zero-order valence-corrected chi connectivity index (χ0v) is 16.7. The van der Waals surface area contributed by atoms with Gasteiger partial charge < -0.3 is 15.0 Å². The number of nitrogens with zero attached hydrogens (tertiary/aromatic N) is 3. The highest BCUT2D eigenvalue weighted by Gasteiger charge is 2.12. The predicted molar refractivity (Wildman–Crippen MR) is 102 cm³/mol. The summed E-state index contributed by atoms with van der Waals surface area (Å²) in [6.45, 7) is 3.80. The maximum Gasteiger partial charge on any atom is 0.232 e. The van der Waals surface area contributed by atoms with Gasteiger partial charge in [-0.25, -0.2) is 0 Å². The molecular weight excluding hydrogens is 412 g/mol. The molecule has 0 aliphatic rings. The summed E-state index contributed by atoms with van der Waals surface area (Å²) in [5.41, 5.74) is 0. The predicted octanol–water partition coefficient (Wildman–Crippen LogP) is 3.36. The van der Waals surface area contributed by atoms with Gasteiger partial charge in [0.2, 0.25) is 11.0 Å². The van der Waals surface area contributed by atoms with Crippen LogP contribution in [0.3, 0.4) is 0 Å². The quantitative estimate of drug-likeness (QED) is 0.615. The Morgan fingerprint density at radius 3 is 2.83 bits per heavy atom. The molecular formula is C15H19BrN4O2S2. The van der Waals surface area contributed by atoms with Crippen LogP contribution in [0.2, 0.25) is 0 Å². The van der Waals surface area contributed by atoms with Crippen LogP contribution in [0.25, 0.3) is 0 Å². The number of rotatable bonds is 9. The summed E-state index contributed by atoms with van der Waals surface area (Å²) in [5.74, 6) is 1.17. The molecule has 1 aromatic heterocycles. The maximum atomic E-state index is 12.1. The number of hydrogen-bond acceptors (Lipinski definition) is 7. The molecule has 9 heteroatoms. The first-order valence-corrected chi connectivity index (χ1v) is 10.0. The van der Waals surface area contributed by atoms with Crippen molar-refractivity contribution in [2.75, 3.05) is 37.8 Å². The number of likely N-dealkylation sites (N-methyl/N-ethyl adjacent to an activating group) is 1. The number of aromatic nitrogens is 2. The van der Waals surface area contributed by atoms with E-state index in [-0.39, 0.29) is 5.91 Å². The van der Waals surface area contributed by atoms with Gasteiger partial charge in [0.05, 0.1) is 12.3 Å². The van der Waals surface area contributed by atoms with Gasteiger partial charge in [0, 0.05) is 18.1 Å². The van der Waals surface area contributed by atoms with Crippen molar-refractivity contribution >= 4 is 50.1 Å². The Bertz CT molecular complexity index is 651. The Labute approximate surface area is 158 Å². The molecule has 1 heterocycles. The van der Waals surface area contributed by atoms with Crippen LogP contribution in [-0.4, -0.2) is 53.5 Å². The summed E-state index contributed by atoms with van der Waals surface area (Å²) in [4.78, 5) is 13.8. The van der Waals surface area contributed by atoms with Gasteiger partial charge in [-0.1, -0.05) is 39.0 Å². The summed E-state index contributed by atoms with van der Waals surface area (Å²) < 4.78 is 7.42. The number of amides is 1. The van der Waals surface area contributed by atoms with Crippen molar-refractivity contribution in [3.63, 3.8) is 0 Å². The lowest BCUT2D eigenvalue weighted by Crippen LogP contribution is -2.32. The Balaban J connectivity index is 1.68. The summed E-state index contributed by atoms with van der Waals surface area (Å²) in [6.07, 6.45) is 0. The first-order valence-electron chi connectivity index (χ1n) is 7.41. The van der Waals surface area contributed by atoms with E-state index >= 15 is 0 Å². The molecule has 1 aromatic carbocycles. The molecule has 24 heavy (non-hydrogen) atoms. The van der Waals surface area contributed by atoms with Crippen LogP contribution in [0.5, 0.6) is 5.75 Å². The summed E-state index contributed by atoms with van der Waals surface area (Å²) >= 11 is 6.24. The molecule has 130 valence electrons. The van der Waals surface area contributed by atoms with E-state index in [9.17, 15) is 4.79 Å². The van der Waals surface area contributed by atoms with Gasteiger partial charge in [0.15, 0.2) is 4.34 Å². The molecule has 1 N–H and O–H groups in total. The minimum absolute atomic E-state index is 0.0413. The van der Waals surface area contributed by atoms with Gasteiger partial charge in [-0.2, -0.15) is 0 Å². The first kappa shape index (κ1) is 19.0. The van der Waals surface area contributed by atoms with Gasteiger partial charge in [-0.05, 0) is 31.2 Å². The normalized spacial score (nSPS) is 10.5. The molecule has 0 radical (unpaired) electrons. The van der Waals surface area contributed by atoms with Crippen LogP contribution in [0.1, 0.15) is 6.92 Å². The molecule has 0 spiro atoms. The van der Waals surface area contributed by atoms with E-state index in [0.29, 0.717) is 18.9 Å². The average Bonchev–Trinajstić information content (AvgIpc) is 3.02. The number of carbonyl (C=O) groups excluding carboxylic acids is 1. The SMILES string of the molecule is CCNc1nnc(SCC(=O)N(C)CCOc2ccc(Br)cc2)s1. The van der Waals surface area contributed by atoms with Crippen molar-refractivity contribution in [3.8, 4) is 5.75 Å². The summed E-state index contributed by atoms with van der Waals surface area (Å²) in [7, 11) is 1.78. The lowest BCUT2D eigenvalue weighted by molar-refractivity contribution is -0.127. The van der Waals surface area contributed by atoms with Crippen molar-refractivity contribution in [2.24, 2.45) is 0 Å². The standard InChI is InChI=1S/C15H19BrN4O2S2/c1-3-17-14-18-19-15(24-14)23-10-13(21)20(2)8-9-22-12-6-4-11(16)5-7-12/h4-7H,3,8-10H2,1-2H3,(H,17,18). The fraction of sp³-hybridized carbons (Fsp3) is 0.400. The molecule has 0 saturated heterocycles. The second-order valence-corrected chi connectivity index (χ2v) is 7.93. The lowest BCUT2D eigenvalue weighted by atomic mass is 10.3. The lowest BCUT2D eigenvalue weighted by Gasteiger charge is -2.17. The van der Waals surface area contributed by atoms with Crippen LogP contribution in [0, 0.1) is 0 Å². The van der Waals surface area contributed by atoms with Gasteiger partial charge in [0.25, 0.3) is 0 Å². The molecule has 0 atom stereocenters. The summed E-state index contributed by atoms with van der Waals surface area (Å²) in [6, 6.07) is 7.62. The Morgan fingerprint density at radius 1 is 1.38 bits per heavy atom. The van der Waals surface area contributed by atoms with Crippen molar-refractivity contribution in [2.45, 2.75) is 11.3 Å². The Morgan fingerprint density at radius 2 is 2.12 bits per heavy atom. The van der Waals surface area contributed by atoms with Crippen molar-refractivity contribution in [3.05, 3.63) is 28.7 Å². The number of thioether (sulfide) groups is 1. The minimum atomic E-state index is 0.0413. The Hall–Kier alpha value is -1.32. The van der Waals surface area contributed by atoms with E-state index in [1.165, 1.54) is 23.1 Å². The van der Waals surface area contributed by atoms with E-state index in [2.05, 4.69) is 31.4 Å². The summed E-state index contributed by atoms with van der Waals surface area (Å²) in [5, 5.41) is 11.9. The van der Waals surface area contributed by atoms with Crippen molar-refractivity contribution in [1.29, 1.82) is 0 Å². The largest absolute Gasteiger partial charge is 0.492 e. The monoisotopic (exact) mass is 430 g/mol. The van der Waals surface area contributed by atoms with Crippen LogP contribution in [0.15, 0.2) is 33.1 Å². The van der Waals surface area contributed by atoms with E-state index in [1.54, 1.807) is 11.9 Å². The average molecular weight is 431 g/mol. The fourth-order valence-electron chi connectivity index (χ4n) is 1.68. The van der Waals surface area contributed by atoms with Crippen LogP contribution < -0.4 is 10.1 Å². The zero-order valence-electron chi connectivity index (χ0n) is 13.5. The molecule has 0 bridgehead atoms. The maximum absolute atomic E-state index is 12.1. The topological polar surface area (TPSA) is 67.4 Å². The van der Waals surface area contributed by atoms with E-state index in [1.807, 2.05) is 31.2 Å². The number of benzene rings is 1. The second kappa shape index (κ2) is 9.85. The third-order valence-electron chi connectivity index (χ3n) is 2.99. The first-order chi connectivity index (χ1) is 11.6. The number of anilines is 1. The van der Waals surface area contributed by atoms with Gasteiger partial charge in [-0.3, -0.25) is 4.79 Å². The van der Waals surface area contributed by atoms with E-state index in [0.717, 1.165) is 26.2 Å². The molecule has 2 rings (SSSR count). The van der Waals surface area contributed by atoms with Crippen LogP contribution >= 0.6 is 39.0 Å². The van der Waals surface area contributed by atoms with Gasteiger partial charge >= 0.3 is 0 Å². The van der Waals surface area contributed by atoms with E-state index in [4.69, 9.17) is 4.74 Å². The molecule has 0 aliphatic carbocycles. The van der Waals surface area contributed by atoms with Crippen LogP contribution in [0.4, 0.5) is 5.13 Å². The van der Waals surface area contributed by atoms with Gasteiger partial charge in [-0.15, -0.1) is 10.2 Å². The van der Waals surface area contributed by atoms with Crippen molar-refractivity contribution < 1.29 is 9.53 Å². The van der Waals surface area contributed by atoms with Gasteiger partial charge in [0.1, 0.15) is 12.4 Å². The third-order valence-corrected chi connectivity index (χ3v) is 5.52. The fourth-order valence-corrected chi connectivity index (χ4v) is 3.71. The zero-order chi connectivity index (χ0) is 17.4. The molecule has 1 amide bonds. The highest BCUT2D eigenvalue weighted by Crippen LogP contribution is 2.25. The third kappa shape index (κ3) is 6.29. The van der Waals surface area contributed by atoms with Crippen LogP contribution in [-0.2, 0) is 4.79 Å². The number of ether oxygens (including phenoxy) is 1. The molecule has 0 unspecified atom stereocenters. The molecule has 0 aliphatic heterocycles. The van der Waals surface area contributed by atoms with E-state index < -0.39 is 0 Å². The minimum Gasteiger partial charge on any atom is -0.492 e.